The van der Waals surface area contributed by atoms with Gasteiger partial charge in [0.15, 0.2) is 5.13 Å². The molecule has 0 spiro atoms. The van der Waals surface area contributed by atoms with E-state index in [4.69, 9.17) is 11.5 Å². The van der Waals surface area contributed by atoms with Crippen molar-refractivity contribution in [3.8, 4) is 0 Å². The summed E-state index contributed by atoms with van der Waals surface area (Å²) in [6.45, 7) is 2.06. The molecule has 2 rings (SSSR count). The molecule has 0 saturated heterocycles. The van der Waals surface area contributed by atoms with Crippen LogP contribution in [-0.2, 0) is 4.79 Å². The van der Waals surface area contributed by atoms with E-state index in [-0.39, 0.29) is 18.3 Å². The van der Waals surface area contributed by atoms with Gasteiger partial charge in [-0.15, -0.1) is 0 Å². The Morgan fingerprint density at radius 3 is 2.74 bits per heavy atom. The number of nitrogens with two attached hydrogens (primary N) is 2. The third-order valence-electron chi connectivity index (χ3n) is 2.77. The Morgan fingerprint density at radius 2 is 2.21 bits per heavy atom. The fourth-order valence-electron chi connectivity index (χ4n) is 1.61. The first-order valence-electron chi connectivity index (χ1n) is 6.11. The van der Waals surface area contributed by atoms with Crippen molar-refractivity contribution in [3.05, 3.63) is 4.88 Å². The van der Waals surface area contributed by atoms with Gasteiger partial charge in [0.2, 0.25) is 5.91 Å². The van der Waals surface area contributed by atoms with Crippen LogP contribution < -0.4 is 16.8 Å². The molecule has 0 bridgehead atoms. The lowest BCUT2D eigenvalue weighted by atomic mass is 10.4. The van der Waals surface area contributed by atoms with Gasteiger partial charge in [0.05, 0.1) is 6.54 Å². The molecule has 0 aliphatic heterocycles. The molecule has 0 unspecified atom stereocenters. The molecule has 1 fully saturated rings. The lowest BCUT2D eigenvalue weighted by Crippen LogP contribution is -2.38. The van der Waals surface area contributed by atoms with Crippen molar-refractivity contribution in [2.45, 2.75) is 25.8 Å². The number of nitrogen functional groups attached to an aromatic ring is 1. The second-order valence-electron chi connectivity index (χ2n) is 4.44. The summed E-state index contributed by atoms with van der Waals surface area (Å²) in [5, 5.41) is 3.85. The van der Waals surface area contributed by atoms with E-state index in [1.54, 1.807) is 6.92 Å². The summed E-state index contributed by atoms with van der Waals surface area (Å²) in [4.78, 5) is 29.0. The van der Waals surface area contributed by atoms with Crippen LogP contribution in [0.25, 0.3) is 0 Å². The van der Waals surface area contributed by atoms with Crippen molar-refractivity contribution in [1.82, 2.24) is 9.88 Å². The SMILES string of the molecule is CCN(CC(N)=O)C(=O)c1sc(NC2CC2)nc1N. The van der Waals surface area contributed by atoms with Crippen LogP contribution in [-0.4, -0.2) is 40.8 Å². The topological polar surface area (TPSA) is 114 Å². The van der Waals surface area contributed by atoms with Gasteiger partial charge < -0.3 is 21.7 Å². The Balaban J connectivity index is 2.12. The predicted octanol–water partition coefficient (Wildman–Crippen LogP) is 0.247. The maximum absolute atomic E-state index is 12.2. The maximum atomic E-state index is 12.2. The van der Waals surface area contributed by atoms with Crippen molar-refractivity contribution in [2.24, 2.45) is 5.73 Å². The zero-order valence-electron chi connectivity index (χ0n) is 10.7. The minimum absolute atomic E-state index is 0.113. The number of primary amides is 1. The van der Waals surface area contributed by atoms with E-state index in [0.29, 0.717) is 22.6 Å². The minimum Gasteiger partial charge on any atom is -0.382 e. The molecule has 5 N–H and O–H groups in total. The second-order valence-corrected chi connectivity index (χ2v) is 5.44. The highest BCUT2D eigenvalue weighted by molar-refractivity contribution is 7.18. The number of nitrogens with zero attached hydrogens (tertiary/aromatic N) is 2. The molecule has 1 aromatic heterocycles. The highest BCUT2D eigenvalue weighted by Crippen LogP contribution is 2.31. The van der Waals surface area contributed by atoms with Gasteiger partial charge in [-0.2, -0.15) is 0 Å². The molecule has 7 nitrogen and oxygen atoms in total. The maximum Gasteiger partial charge on any atom is 0.268 e. The average molecular weight is 283 g/mol. The van der Waals surface area contributed by atoms with E-state index in [1.165, 1.54) is 16.2 Å². The lowest BCUT2D eigenvalue weighted by Gasteiger charge is -2.17. The van der Waals surface area contributed by atoms with Crippen LogP contribution in [0.3, 0.4) is 0 Å². The summed E-state index contributed by atoms with van der Waals surface area (Å²) >= 11 is 1.22. The van der Waals surface area contributed by atoms with Gasteiger partial charge in [-0.05, 0) is 19.8 Å². The third kappa shape index (κ3) is 3.34. The Morgan fingerprint density at radius 1 is 1.53 bits per heavy atom. The number of likely N-dealkylation sites (N-methyl/N-ethyl adjacent to an activating group) is 1. The quantitative estimate of drug-likeness (QED) is 0.692. The lowest BCUT2D eigenvalue weighted by molar-refractivity contribution is -0.118. The molecule has 1 saturated carbocycles. The van der Waals surface area contributed by atoms with Gasteiger partial charge in [0, 0.05) is 12.6 Å². The normalized spacial score (nSPS) is 14.2. The highest BCUT2D eigenvalue weighted by Gasteiger charge is 2.26. The fraction of sp³-hybridized carbons (Fsp3) is 0.545. The number of hydrogen-bond acceptors (Lipinski definition) is 6. The third-order valence-corrected chi connectivity index (χ3v) is 3.76. The first-order valence-corrected chi connectivity index (χ1v) is 6.93. The molecule has 0 radical (unpaired) electrons. The molecular formula is C11H17N5O2S. The predicted molar refractivity (Wildman–Crippen MR) is 73.9 cm³/mol. The summed E-state index contributed by atoms with van der Waals surface area (Å²) in [5.41, 5.74) is 10.9. The van der Waals surface area contributed by atoms with Crippen LogP contribution >= 0.6 is 11.3 Å². The van der Waals surface area contributed by atoms with E-state index in [9.17, 15) is 9.59 Å². The van der Waals surface area contributed by atoms with Crippen LogP contribution in [0.1, 0.15) is 29.4 Å². The second kappa shape index (κ2) is 5.43. The van der Waals surface area contributed by atoms with E-state index in [1.807, 2.05) is 0 Å². The Bertz CT molecular complexity index is 497. The molecule has 0 atom stereocenters. The minimum atomic E-state index is -0.547. The van der Waals surface area contributed by atoms with Gasteiger partial charge in [-0.25, -0.2) is 4.98 Å². The number of rotatable bonds is 6. The highest BCUT2D eigenvalue weighted by atomic mass is 32.1. The van der Waals surface area contributed by atoms with E-state index in [2.05, 4.69) is 10.3 Å². The Labute approximate surface area is 115 Å². The van der Waals surface area contributed by atoms with Crippen molar-refractivity contribution in [1.29, 1.82) is 0 Å². The average Bonchev–Trinajstić information content (AvgIpc) is 3.08. The molecule has 104 valence electrons. The van der Waals surface area contributed by atoms with Crippen LogP contribution in [0.2, 0.25) is 0 Å². The number of carbonyl (C=O) groups excluding carboxylic acids is 2. The first-order chi connectivity index (χ1) is 9.01. The number of thiazole rings is 1. The Hall–Kier alpha value is -1.83. The molecule has 8 heteroatoms. The van der Waals surface area contributed by atoms with Crippen LogP contribution in [0.4, 0.5) is 10.9 Å². The van der Waals surface area contributed by atoms with Crippen molar-refractivity contribution in [2.75, 3.05) is 24.1 Å². The number of carbonyl (C=O) groups is 2. The molecule has 1 aromatic rings. The molecular weight excluding hydrogens is 266 g/mol. The molecule has 1 heterocycles. The number of nitrogens with one attached hydrogen (secondary N) is 1. The summed E-state index contributed by atoms with van der Waals surface area (Å²) in [6.07, 6.45) is 2.23. The van der Waals surface area contributed by atoms with Crippen LogP contribution in [0, 0.1) is 0 Å². The Kier molecular flexibility index (Phi) is 3.89. The smallest absolute Gasteiger partial charge is 0.268 e. The van der Waals surface area contributed by atoms with Gasteiger partial charge in [-0.3, -0.25) is 9.59 Å². The summed E-state index contributed by atoms with van der Waals surface area (Å²) < 4.78 is 0. The summed E-state index contributed by atoms with van der Waals surface area (Å²) in [6, 6.07) is 0.446. The number of aromatic nitrogens is 1. The molecule has 0 aromatic carbocycles. The molecule has 1 aliphatic carbocycles. The van der Waals surface area contributed by atoms with Crippen molar-refractivity contribution < 1.29 is 9.59 Å². The van der Waals surface area contributed by atoms with Gasteiger partial charge in [-0.1, -0.05) is 11.3 Å². The van der Waals surface area contributed by atoms with Gasteiger partial charge >= 0.3 is 0 Å². The zero-order valence-corrected chi connectivity index (χ0v) is 11.5. The zero-order chi connectivity index (χ0) is 14.0. The standard InChI is InChI=1S/C11H17N5O2S/c1-2-16(5-7(12)17)10(18)8-9(13)15-11(19-8)14-6-3-4-6/h6H,2-5,13H2,1H3,(H2,12,17)(H,14,15). The van der Waals surface area contributed by atoms with Crippen molar-refractivity contribution in [3.63, 3.8) is 0 Å². The molecule has 2 amide bonds. The summed E-state index contributed by atoms with van der Waals surface area (Å²) in [7, 11) is 0. The van der Waals surface area contributed by atoms with Crippen LogP contribution in [0.15, 0.2) is 0 Å². The van der Waals surface area contributed by atoms with E-state index >= 15 is 0 Å². The fourth-order valence-corrected chi connectivity index (χ4v) is 2.54. The molecule has 1 aliphatic rings. The number of amides is 2. The first kappa shape index (κ1) is 13.6. The number of hydrogen-bond donors (Lipinski definition) is 3. The van der Waals surface area contributed by atoms with E-state index in [0.717, 1.165) is 12.8 Å². The summed E-state index contributed by atoms with van der Waals surface area (Å²) in [5.74, 6) is -0.657. The van der Waals surface area contributed by atoms with Crippen molar-refractivity contribution >= 4 is 34.1 Å². The molecule has 19 heavy (non-hydrogen) atoms. The van der Waals surface area contributed by atoms with E-state index < -0.39 is 5.91 Å². The largest absolute Gasteiger partial charge is 0.382 e. The van der Waals surface area contributed by atoms with Gasteiger partial charge in [0.1, 0.15) is 10.7 Å². The van der Waals surface area contributed by atoms with Crippen LogP contribution in [0.5, 0.6) is 0 Å². The van der Waals surface area contributed by atoms with Gasteiger partial charge in [0.25, 0.3) is 5.91 Å². The number of anilines is 2. The monoisotopic (exact) mass is 283 g/mol.